The van der Waals surface area contributed by atoms with Crippen LogP contribution in [0.3, 0.4) is 0 Å². The van der Waals surface area contributed by atoms with E-state index in [1.807, 2.05) is 11.9 Å². The van der Waals surface area contributed by atoms with Crippen molar-refractivity contribution in [3.05, 3.63) is 42.2 Å². The standard InChI is InChI=1S/C24H28F2N6O/c1-23-5-4-6-24(2,31-23)11-15(10-23)32(3)22-19(26)9-20(29-30-22)17-7-18(25)16(8-21(17)33)14-12-27-28-13-14/h7-9,12-13,15,31,33H,4-6,10-11H2,1-3H3,(H,27,28)/t15-,23-,24+. The van der Waals surface area contributed by atoms with Gasteiger partial charge in [-0.15, -0.1) is 10.2 Å². The number of nitrogens with zero attached hydrogens (tertiary/aromatic N) is 4. The number of aromatic nitrogens is 4. The third-order valence-electron chi connectivity index (χ3n) is 7.21. The average Bonchev–Trinajstić information content (AvgIpc) is 3.27. The summed E-state index contributed by atoms with van der Waals surface area (Å²) >= 11 is 0. The number of phenols is 1. The van der Waals surface area contributed by atoms with Gasteiger partial charge in [0, 0.05) is 53.1 Å². The summed E-state index contributed by atoms with van der Waals surface area (Å²) in [6.45, 7) is 4.47. The van der Waals surface area contributed by atoms with Crippen molar-refractivity contribution >= 4 is 5.82 Å². The van der Waals surface area contributed by atoms with E-state index in [2.05, 4.69) is 39.6 Å². The minimum atomic E-state index is -0.574. The van der Waals surface area contributed by atoms with Crippen LogP contribution in [0.2, 0.25) is 0 Å². The van der Waals surface area contributed by atoms with Crippen molar-refractivity contribution in [3.63, 3.8) is 0 Å². The lowest BCUT2D eigenvalue weighted by Gasteiger charge is -2.55. The predicted molar refractivity (Wildman–Crippen MR) is 122 cm³/mol. The SMILES string of the molecule is CN(c1nnc(-c2cc(F)c(-c3cn[nH]c3)cc2O)cc1F)[C@H]1C[C@]2(C)CCC[C@](C)(C1)N2. The summed E-state index contributed by atoms with van der Waals surface area (Å²) in [6, 6.07) is 3.75. The molecule has 3 atom stereocenters. The van der Waals surface area contributed by atoms with Crippen molar-refractivity contribution in [2.45, 2.75) is 63.1 Å². The van der Waals surface area contributed by atoms with Crippen molar-refractivity contribution in [2.75, 3.05) is 11.9 Å². The van der Waals surface area contributed by atoms with Gasteiger partial charge < -0.3 is 15.3 Å². The van der Waals surface area contributed by atoms with E-state index >= 15 is 4.39 Å². The summed E-state index contributed by atoms with van der Waals surface area (Å²) < 4.78 is 29.9. The largest absolute Gasteiger partial charge is 0.507 e. The molecule has 0 saturated carbocycles. The first kappa shape index (κ1) is 21.8. The van der Waals surface area contributed by atoms with Crippen molar-refractivity contribution in [1.82, 2.24) is 25.7 Å². The number of halogens is 2. The number of hydrogen-bond acceptors (Lipinski definition) is 6. The molecule has 0 radical (unpaired) electrons. The molecule has 3 N–H and O–H groups in total. The number of rotatable bonds is 4. The Bertz CT molecular complexity index is 1170. The van der Waals surface area contributed by atoms with E-state index in [4.69, 9.17) is 0 Å². The Balaban J connectivity index is 1.43. The molecule has 2 saturated heterocycles. The lowest BCUT2D eigenvalue weighted by atomic mass is 9.69. The molecule has 2 bridgehead atoms. The number of nitrogens with one attached hydrogen (secondary N) is 2. The Morgan fingerprint density at radius 3 is 2.39 bits per heavy atom. The lowest BCUT2D eigenvalue weighted by Crippen LogP contribution is -2.66. The average molecular weight is 455 g/mol. The van der Waals surface area contributed by atoms with Crippen molar-refractivity contribution < 1.29 is 13.9 Å². The van der Waals surface area contributed by atoms with Gasteiger partial charge in [-0.3, -0.25) is 5.10 Å². The maximum absolute atomic E-state index is 15.2. The third kappa shape index (κ3) is 3.94. The van der Waals surface area contributed by atoms with Crippen molar-refractivity contribution in [2.24, 2.45) is 0 Å². The fourth-order valence-electron chi connectivity index (χ4n) is 5.71. The monoisotopic (exact) mass is 454 g/mol. The van der Waals surface area contributed by atoms with E-state index in [1.54, 1.807) is 0 Å². The van der Waals surface area contributed by atoms with E-state index < -0.39 is 11.6 Å². The van der Waals surface area contributed by atoms with E-state index in [-0.39, 0.29) is 45.5 Å². The summed E-state index contributed by atoms with van der Waals surface area (Å²) in [7, 11) is 1.85. The Morgan fingerprint density at radius 1 is 1.03 bits per heavy atom. The van der Waals surface area contributed by atoms with Crippen LogP contribution in [0.25, 0.3) is 22.4 Å². The van der Waals surface area contributed by atoms with Gasteiger partial charge in [-0.25, -0.2) is 8.78 Å². The molecule has 2 aliphatic heterocycles. The molecule has 0 amide bonds. The van der Waals surface area contributed by atoms with Crippen LogP contribution in [0.4, 0.5) is 14.6 Å². The van der Waals surface area contributed by atoms with Gasteiger partial charge in [0.15, 0.2) is 11.6 Å². The zero-order valence-corrected chi connectivity index (χ0v) is 19.0. The molecular formula is C24H28F2N6O. The first-order chi connectivity index (χ1) is 15.7. The maximum Gasteiger partial charge on any atom is 0.187 e. The van der Waals surface area contributed by atoms with Gasteiger partial charge in [0.2, 0.25) is 0 Å². The Labute approximate surface area is 191 Å². The Kier molecular flexibility index (Phi) is 5.12. The normalized spacial score (nSPS) is 26.9. The molecule has 7 nitrogen and oxygen atoms in total. The van der Waals surface area contributed by atoms with Crippen LogP contribution in [0.5, 0.6) is 5.75 Å². The minimum absolute atomic E-state index is 0.0219. The van der Waals surface area contributed by atoms with Gasteiger partial charge in [-0.2, -0.15) is 5.10 Å². The fraction of sp³-hybridized carbons (Fsp3) is 0.458. The Morgan fingerprint density at radius 2 is 1.76 bits per heavy atom. The second-order valence-electron chi connectivity index (χ2n) is 10.0. The molecule has 33 heavy (non-hydrogen) atoms. The number of fused-ring (bicyclic) bond motifs is 2. The van der Waals surface area contributed by atoms with Gasteiger partial charge in [0.1, 0.15) is 11.6 Å². The Hall–Kier alpha value is -3.07. The number of aromatic amines is 1. The number of anilines is 1. The van der Waals surface area contributed by atoms with Crippen LogP contribution < -0.4 is 10.2 Å². The number of hydrogen-bond donors (Lipinski definition) is 3. The maximum atomic E-state index is 15.2. The van der Waals surface area contributed by atoms with Gasteiger partial charge in [0.25, 0.3) is 0 Å². The quantitative estimate of drug-likeness (QED) is 0.541. The molecule has 2 aliphatic rings. The van der Waals surface area contributed by atoms with Crippen LogP contribution >= 0.6 is 0 Å². The highest BCUT2D eigenvalue weighted by atomic mass is 19.1. The van der Waals surface area contributed by atoms with E-state index in [0.717, 1.165) is 31.7 Å². The van der Waals surface area contributed by atoms with Crippen LogP contribution in [0.15, 0.2) is 30.6 Å². The summed E-state index contributed by atoms with van der Waals surface area (Å²) in [5.41, 5.74) is 0.880. The van der Waals surface area contributed by atoms with Crippen molar-refractivity contribution in [1.29, 1.82) is 0 Å². The first-order valence-electron chi connectivity index (χ1n) is 11.2. The zero-order valence-electron chi connectivity index (χ0n) is 19.0. The summed E-state index contributed by atoms with van der Waals surface area (Å²) in [4.78, 5) is 1.87. The topological polar surface area (TPSA) is 90.0 Å². The molecule has 4 heterocycles. The molecule has 0 spiro atoms. The lowest BCUT2D eigenvalue weighted by molar-refractivity contribution is 0.0782. The summed E-state index contributed by atoms with van der Waals surface area (Å²) in [5.74, 6) is -1.18. The number of phenolic OH excluding ortho intramolecular Hbond substituents is 1. The number of benzene rings is 1. The minimum Gasteiger partial charge on any atom is -0.507 e. The molecule has 174 valence electrons. The predicted octanol–water partition coefficient (Wildman–Crippen LogP) is 4.41. The third-order valence-corrected chi connectivity index (χ3v) is 7.21. The van der Waals surface area contributed by atoms with Gasteiger partial charge >= 0.3 is 0 Å². The molecule has 1 aromatic carbocycles. The number of aromatic hydroxyl groups is 1. The number of H-pyrrole nitrogens is 1. The van der Waals surface area contributed by atoms with Crippen LogP contribution in [0, 0.1) is 11.6 Å². The van der Waals surface area contributed by atoms with E-state index in [1.165, 1.54) is 30.9 Å². The van der Waals surface area contributed by atoms with Crippen LogP contribution in [0.1, 0.15) is 46.0 Å². The van der Waals surface area contributed by atoms with Gasteiger partial charge in [0.05, 0.1) is 11.9 Å². The second-order valence-corrected chi connectivity index (χ2v) is 10.0. The van der Waals surface area contributed by atoms with Crippen molar-refractivity contribution in [3.8, 4) is 28.1 Å². The molecular weight excluding hydrogens is 426 g/mol. The molecule has 5 rings (SSSR count). The molecule has 0 unspecified atom stereocenters. The highest BCUT2D eigenvalue weighted by Crippen LogP contribution is 2.42. The second kappa shape index (κ2) is 7.76. The van der Waals surface area contributed by atoms with Gasteiger partial charge in [-0.1, -0.05) is 0 Å². The van der Waals surface area contributed by atoms with E-state index in [9.17, 15) is 9.50 Å². The molecule has 2 aromatic heterocycles. The molecule has 3 aromatic rings. The smallest absolute Gasteiger partial charge is 0.187 e. The van der Waals surface area contributed by atoms with Gasteiger partial charge in [-0.05, 0) is 58.1 Å². The fourth-order valence-corrected chi connectivity index (χ4v) is 5.71. The first-order valence-corrected chi connectivity index (χ1v) is 11.2. The molecule has 2 fully saturated rings. The zero-order chi connectivity index (χ0) is 23.4. The highest BCUT2D eigenvalue weighted by Gasteiger charge is 2.47. The van der Waals surface area contributed by atoms with E-state index in [0.29, 0.717) is 5.56 Å². The summed E-state index contributed by atoms with van der Waals surface area (Å²) in [6.07, 6.45) is 8.15. The summed E-state index contributed by atoms with van der Waals surface area (Å²) in [5, 5.41) is 29.0. The molecule has 9 heteroatoms. The number of piperidine rings is 2. The highest BCUT2D eigenvalue weighted by molar-refractivity contribution is 5.74. The van der Waals surface area contributed by atoms with Crippen LogP contribution in [-0.2, 0) is 0 Å². The van der Waals surface area contributed by atoms with Crippen LogP contribution in [-0.4, -0.2) is 49.7 Å². The molecule has 0 aliphatic carbocycles.